The molecule has 0 unspecified atom stereocenters. The first-order valence-electron chi connectivity index (χ1n) is 4.85. The first-order valence-corrected chi connectivity index (χ1v) is 5.73. The summed E-state index contributed by atoms with van der Waals surface area (Å²) in [5.41, 5.74) is 2.80. The number of aliphatic hydroxyl groups is 1. The number of hydrogen-bond donors (Lipinski definition) is 1. The van der Waals surface area contributed by atoms with Crippen LogP contribution < -0.4 is 0 Å². The first-order chi connectivity index (χ1) is 7.88. The Kier molecular flexibility index (Phi) is 2.19. The van der Waals surface area contributed by atoms with Crippen LogP contribution in [0.1, 0.15) is 5.69 Å². The van der Waals surface area contributed by atoms with E-state index in [1.165, 1.54) is 0 Å². The quantitative estimate of drug-likeness (QED) is 0.733. The lowest BCUT2D eigenvalue weighted by Crippen LogP contribution is -1.84. The number of hydrogen-bond acceptors (Lipinski definition) is 4. The number of aromatic nitrogens is 3. The lowest BCUT2D eigenvalue weighted by Gasteiger charge is -1.97. The topological polar surface area (TPSA) is 50.4 Å². The van der Waals surface area contributed by atoms with E-state index in [4.69, 9.17) is 5.11 Å². The fraction of sp³-hybridized carbons (Fsp3) is 0.0909. The molecule has 3 aromatic rings. The van der Waals surface area contributed by atoms with Crippen LogP contribution in [0.2, 0.25) is 0 Å². The van der Waals surface area contributed by atoms with Gasteiger partial charge in [0.05, 0.1) is 18.0 Å². The highest BCUT2D eigenvalue weighted by molar-refractivity contribution is 7.15. The van der Waals surface area contributed by atoms with Crippen LogP contribution in [0.25, 0.3) is 16.2 Å². The van der Waals surface area contributed by atoms with E-state index in [-0.39, 0.29) is 6.61 Å². The van der Waals surface area contributed by atoms with E-state index in [9.17, 15) is 0 Å². The van der Waals surface area contributed by atoms with Gasteiger partial charge in [-0.2, -0.15) is 0 Å². The van der Waals surface area contributed by atoms with Gasteiger partial charge in [-0.1, -0.05) is 0 Å². The highest BCUT2D eigenvalue weighted by atomic mass is 32.1. The van der Waals surface area contributed by atoms with Crippen LogP contribution in [-0.4, -0.2) is 19.5 Å². The maximum absolute atomic E-state index is 9.03. The van der Waals surface area contributed by atoms with Crippen molar-refractivity contribution in [1.82, 2.24) is 14.4 Å². The Labute approximate surface area is 95.8 Å². The van der Waals surface area contributed by atoms with E-state index >= 15 is 0 Å². The summed E-state index contributed by atoms with van der Waals surface area (Å²) in [4.78, 5) is 9.28. The largest absolute Gasteiger partial charge is 0.390 e. The number of nitrogens with zero attached hydrogens (tertiary/aromatic N) is 3. The van der Waals surface area contributed by atoms with E-state index in [1.54, 1.807) is 17.5 Å². The summed E-state index contributed by atoms with van der Waals surface area (Å²) in [7, 11) is 0. The van der Waals surface area contributed by atoms with Crippen LogP contribution >= 0.6 is 11.3 Å². The van der Waals surface area contributed by atoms with Gasteiger partial charge in [0, 0.05) is 29.5 Å². The number of aliphatic hydroxyl groups excluding tert-OH is 1. The summed E-state index contributed by atoms with van der Waals surface area (Å²) in [6, 6.07) is 3.91. The molecule has 0 saturated heterocycles. The molecule has 0 aliphatic heterocycles. The van der Waals surface area contributed by atoms with E-state index < -0.39 is 0 Å². The summed E-state index contributed by atoms with van der Waals surface area (Å²) in [5, 5.41) is 11.1. The molecule has 0 aromatic carbocycles. The molecule has 0 bridgehead atoms. The lowest BCUT2D eigenvalue weighted by molar-refractivity contribution is 0.277. The minimum Gasteiger partial charge on any atom is -0.390 e. The standard InChI is InChI=1S/C11H9N3OS/c15-6-9-5-14-10(7-16-11(14)13-9)8-2-1-3-12-4-8/h1-5,7,15H,6H2. The Hall–Kier alpha value is -1.72. The summed E-state index contributed by atoms with van der Waals surface area (Å²) in [5.74, 6) is 0. The molecule has 0 radical (unpaired) electrons. The normalized spacial score (nSPS) is 11.1. The molecule has 0 spiro atoms. The predicted octanol–water partition coefficient (Wildman–Crippen LogP) is 1.95. The Balaban J connectivity index is 2.20. The summed E-state index contributed by atoms with van der Waals surface area (Å²) in [6.07, 6.45) is 5.43. The van der Waals surface area contributed by atoms with Gasteiger partial charge < -0.3 is 5.11 Å². The van der Waals surface area contributed by atoms with Gasteiger partial charge in [-0.15, -0.1) is 11.3 Å². The highest BCUT2D eigenvalue weighted by Gasteiger charge is 2.08. The molecular formula is C11H9N3OS. The average Bonchev–Trinajstić information content (AvgIpc) is 2.88. The molecule has 0 amide bonds. The van der Waals surface area contributed by atoms with E-state index in [1.807, 2.05) is 34.3 Å². The van der Waals surface area contributed by atoms with E-state index in [2.05, 4.69) is 9.97 Å². The molecule has 3 heterocycles. The van der Waals surface area contributed by atoms with Gasteiger partial charge in [-0.25, -0.2) is 4.98 Å². The zero-order chi connectivity index (χ0) is 11.0. The molecule has 5 heteroatoms. The van der Waals surface area contributed by atoms with Crippen molar-refractivity contribution in [3.8, 4) is 11.3 Å². The number of pyridine rings is 1. The molecule has 0 saturated carbocycles. The molecule has 0 aliphatic rings. The van der Waals surface area contributed by atoms with Crippen molar-refractivity contribution in [2.75, 3.05) is 0 Å². The summed E-state index contributed by atoms with van der Waals surface area (Å²) < 4.78 is 1.98. The average molecular weight is 231 g/mol. The number of imidazole rings is 1. The lowest BCUT2D eigenvalue weighted by atomic mass is 10.2. The van der Waals surface area contributed by atoms with Gasteiger partial charge in [-0.3, -0.25) is 9.38 Å². The second-order valence-electron chi connectivity index (χ2n) is 3.41. The maximum atomic E-state index is 9.03. The molecule has 0 atom stereocenters. The third kappa shape index (κ3) is 1.41. The Morgan fingerprint density at radius 3 is 3.12 bits per heavy atom. The van der Waals surface area contributed by atoms with Crippen LogP contribution in [0.3, 0.4) is 0 Å². The number of thiazole rings is 1. The molecule has 1 N–H and O–H groups in total. The smallest absolute Gasteiger partial charge is 0.194 e. The van der Waals surface area contributed by atoms with Crippen LogP contribution in [0.15, 0.2) is 36.1 Å². The second-order valence-corrected chi connectivity index (χ2v) is 4.24. The number of fused-ring (bicyclic) bond motifs is 1. The van der Waals surface area contributed by atoms with Crippen molar-refractivity contribution in [3.05, 3.63) is 41.8 Å². The van der Waals surface area contributed by atoms with Crippen molar-refractivity contribution in [2.24, 2.45) is 0 Å². The van der Waals surface area contributed by atoms with Crippen molar-refractivity contribution >= 4 is 16.3 Å². The van der Waals surface area contributed by atoms with Crippen molar-refractivity contribution in [1.29, 1.82) is 0 Å². The molecule has 3 aromatic heterocycles. The van der Waals surface area contributed by atoms with E-state index in [0.717, 1.165) is 16.2 Å². The van der Waals surface area contributed by atoms with Crippen LogP contribution in [0, 0.1) is 0 Å². The van der Waals surface area contributed by atoms with Crippen LogP contribution in [0.5, 0.6) is 0 Å². The molecule has 4 nitrogen and oxygen atoms in total. The second kappa shape index (κ2) is 3.70. The van der Waals surface area contributed by atoms with Crippen molar-refractivity contribution in [3.63, 3.8) is 0 Å². The minimum absolute atomic E-state index is 0.0269. The monoisotopic (exact) mass is 231 g/mol. The zero-order valence-electron chi connectivity index (χ0n) is 8.37. The third-order valence-electron chi connectivity index (χ3n) is 2.38. The molecule has 0 aliphatic carbocycles. The molecule has 16 heavy (non-hydrogen) atoms. The van der Waals surface area contributed by atoms with Gasteiger partial charge >= 0.3 is 0 Å². The fourth-order valence-electron chi connectivity index (χ4n) is 1.63. The molecule has 3 rings (SSSR count). The van der Waals surface area contributed by atoms with Gasteiger partial charge in [0.15, 0.2) is 4.96 Å². The van der Waals surface area contributed by atoms with Crippen molar-refractivity contribution < 1.29 is 5.11 Å². The summed E-state index contributed by atoms with van der Waals surface area (Å²) in [6.45, 7) is -0.0269. The van der Waals surface area contributed by atoms with Gasteiger partial charge in [-0.05, 0) is 12.1 Å². The van der Waals surface area contributed by atoms with Gasteiger partial charge in [0.1, 0.15) is 0 Å². The molecule has 80 valence electrons. The highest BCUT2D eigenvalue weighted by Crippen LogP contribution is 2.25. The van der Waals surface area contributed by atoms with E-state index in [0.29, 0.717) is 5.69 Å². The summed E-state index contributed by atoms with van der Waals surface area (Å²) >= 11 is 1.56. The molecule has 0 fully saturated rings. The minimum atomic E-state index is -0.0269. The number of rotatable bonds is 2. The Morgan fingerprint density at radius 1 is 1.44 bits per heavy atom. The maximum Gasteiger partial charge on any atom is 0.194 e. The predicted molar refractivity (Wildman–Crippen MR) is 62.2 cm³/mol. The Morgan fingerprint density at radius 2 is 2.38 bits per heavy atom. The van der Waals surface area contributed by atoms with Crippen LogP contribution in [0.4, 0.5) is 0 Å². The van der Waals surface area contributed by atoms with Crippen molar-refractivity contribution in [2.45, 2.75) is 6.61 Å². The zero-order valence-corrected chi connectivity index (χ0v) is 9.18. The van der Waals surface area contributed by atoms with Crippen LogP contribution in [-0.2, 0) is 6.61 Å². The first kappa shape index (κ1) is 9.50. The van der Waals surface area contributed by atoms with Gasteiger partial charge in [0.25, 0.3) is 0 Å². The SMILES string of the molecule is OCc1cn2c(-c3cccnc3)csc2n1. The third-order valence-corrected chi connectivity index (χ3v) is 3.22. The fourth-order valence-corrected chi connectivity index (χ4v) is 2.53. The Bertz CT molecular complexity index is 614. The molecular weight excluding hydrogens is 222 g/mol. The van der Waals surface area contributed by atoms with Gasteiger partial charge in [0.2, 0.25) is 0 Å².